The summed E-state index contributed by atoms with van der Waals surface area (Å²) in [6, 6.07) is 17.1. The van der Waals surface area contributed by atoms with Gasteiger partial charge in [0.1, 0.15) is 12.1 Å². The van der Waals surface area contributed by atoms with Crippen molar-refractivity contribution in [2.45, 2.75) is 26.1 Å². The van der Waals surface area contributed by atoms with E-state index in [1.165, 1.54) is 17.7 Å². The molecular formula is C24H28FN3O2. The number of hydrogen-bond acceptors (Lipinski definition) is 5. The molecule has 1 aliphatic heterocycles. The number of benzene rings is 2. The van der Waals surface area contributed by atoms with Crippen molar-refractivity contribution < 1.29 is 13.5 Å². The number of ether oxygens (including phenoxy) is 1. The maximum atomic E-state index is 13.2. The first kappa shape index (κ1) is 20.7. The van der Waals surface area contributed by atoms with Crippen molar-refractivity contribution in [3.8, 4) is 11.5 Å². The lowest BCUT2D eigenvalue weighted by molar-refractivity contribution is 0.0224. The van der Waals surface area contributed by atoms with Crippen LogP contribution in [0.15, 0.2) is 65.3 Å². The van der Waals surface area contributed by atoms with Gasteiger partial charge in [-0.25, -0.2) is 9.37 Å². The molecule has 0 N–H and O–H groups in total. The zero-order valence-corrected chi connectivity index (χ0v) is 17.3. The van der Waals surface area contributed by atoms with Gasteiger partial charge >= 0.3 is 0 Å². The molecule has 1 saturated heterocycles. The quantitative estimate of drug-likeness (QED) is 0.558. The van der Waals surface area contributed by atoms with Crippen LogP contribution in [0.25, 0.3) is 11.5 Å². The summed E-state index contributed by atoms with van der Waals surface area (Å²) in [6.07, 6.45) is 1.71. The summed E-state index contributed by atoms with van der Waals surface area (Å²) in [6.45, 7) is 8.32. The SMILES string of the molecule is CC(CN1CCOCC1)N(Cc1ccccc1)Cc1coc(-c2ccc(F)cc2)n1. The zero-order chi connectivity index (χ0) is 20.8. The molecule has 1 aromatic heterocycles. The number of oxazole rings is 1. The van der Waals surface area contributed by atoms with Crippen molar-refractivity contribution in [3.63, 3.8) is 0 Å². The summed E-state index contributed by atoms with van der Waals surface area (Å²) in [4.78, 5) is 9.54. The third-order valence-electron chi connectivity index (χ3n) is 5.49. The molecule has 3 aromatic rings. The predicted octanol–water partition coefficient (Wildman–Crippen LogP) is 4.20. The summed E-state index contributed by atoms with van der Waals surface area (Å²) in [5.74, 6) is 0.252. The Morgan fingerprint density at radius 2 is 1.77 bits per heavy atom. The number of nitrogens with zero attached hydrogens (tertiary/aromatic N) is 3. The smallest absolute Gasteiger partial charge is 0.226 e. The third-order valence-corrected chi connectivity index (χ3v) is 5.49. The summed E-state index contributed by atoms with van der Waals surface area (Å²) >= 11 is 0. The van der Waals surface area contributed by atoms with Crippen LogP contribution in [-0.2, 0) is 17.8 Å². The Kier molecular flexibility index (Phi) is 6.89. The van der Waals surface area contributed by atoms with Gasteiger partial charge in [-0.3, -0.25) is 9.80 Å². The number of rotatable bonds is 8. The zero-order valence-electron chi connectivity index (χ0n) is 17.3. The lowest BCUT2D eigenvalue weighted by Gasteiger charge is -2.34. The van der Waals surface area contributed by atoms with Gasteiger partial charge in [0.25, 0.3) is 0 Å². The molecule has 30 heavy (non-hydrogen) atoms. The van der Waals surface area contributed by atoms with Crippen molar-refractivity contribution in [1.82, 2.24) is 14.8 Å². The Hall–Kier alpha value is -2.54. The normalized spacial score (nSPS) is 16.1. The molecule has 0 amide bonds. The van der Waals surface area contributed by atoms with Crippen LogP contribution < -0.4 is 0 Å². The van der Waals surface area contributed by atoms with E-state index in [2.05, 4.69) is 46.0 Å². The van der Waals surface area contributed by atoms with Crippen LogP contribution in [0.5, 0.6) is 0 Å². The summed E-state index contributed by atoms with van der Waals surface area (Å²) < 4.78 is 24.4. The predicted molar refractivity (Wildman–Crippen MR) is 114 cm³/mol. The maximum absolute atomic E-state index is 13.2. The Morgan fingerprint density at radius 3 is 2.50 bits per heavy atom. The molecule has 2 heterocycles. The minimum Gasteiger partial charge on any atom is -0.444 e. The third kappa shape index (κ3) is 5.53. The van der Waals surface area contributed by atoms with E-state index in [1.54, 1.807) is 18.4 Å². The molecule has 1 unspecified atom stereocenters. The number of hydrogen-bond donors (Lipinski definition) is 0. The Morgan fingerprint density at radius 1 is 1.03 bits per heavy atom. The summed E-state index contributed by atoms with van der Waals surface area (Å²) in [5, 5.41) is 0. The molecule has 4 rings (SSSR count). The highest BCUT2D eigenvalue weighted by atomic mass is 19.1. The van der Waals surface area contributed by atoms with E-state index >= 15 is 0 Å². The van der Waals surface area contributed by atoms with Gasteiger partial charge in [0.05, 0.1) is 18.9 Å². The summed E-state index contributed by atoms with van der Waals surface area (Å²) in [5.41, 5.74) is 2.92. The van der Waals surface area contributed by atoms with Gasteiger partial charge in [-0.1, -0.05) is 30.3 Å². The van der Waals surface area contributed by atoms with Gasteiger partial charge in [-0.15, -0.1) is 0 Å². The second kappa shape index (κ2) is 9.98. The fraction of sp³-hybridized carbons (Fsp3) is 0.375. The molecule has 5 nitrogen and oxygen atoms in total. The van der Waals surface area contributed by atoms with E-state index in [4.69, 9.17) is 9.15 Å². The first-order valence-corrected chi connectivity index (χ1v) is 10.5. The lowest BCUT2D eigenvalue weighted by Crippen LogP contribution is -2.45. The maximum Gasteiger partial charge on any atom is 0.226 e. The highest BCUT2D eigenvalue weighted by molar-refractivity contribution is 5.52. The molecule has 1 fully saturated rings. The highest BCUT2D eigenvalue weighted by Crippen LogP contribution is 2.21. The minimum absolute atomic E-state index is 0.267. The molecule has 1 aliphatic rings. The van der Waals surface area contributed by atoms with Crippen LogP contribution in [0, 0.1) is 5.82 Å². The van der Waals surface area contributed by atoms with E-state index in [1.807, 2.05) is 6.07 Å². The van der Waals surface area contributed by atoms with Crippen LogP contribution in [0.1, 0.15) is 18.2 Å². The molecule has 0 bridgehead atoms. The van der Waals surface area contributed by atoms with Crippen LogP contribution in [-0.4, -0.2) is 53.7 Å². The van der Waals surface area contributed by atoms with Crippen LogP contribution in [0.2, 0.25) is 0 Å². The molecule has 1 atom stereocenters. The molecule has 0 saturated carbocycles. The molecule has 6 heteroatoms. The van der Waals surface area contributed by atoms with Gasteiger partial charge in [-0.2, -0.15) is 0 Å². The first-order chi connectivity index (χ1) is 14.7. The summed E-state index contributed by atoms with van der Waals surface area (Å²) in [7, 11) is 0. The van der Waals surface area contributed by atoms with E-state index in [-0.39, 0.29) is 5.82 Å². The van der Waals surface area contributed by atoms with E-state index in [0.717, 1.165) is 50.7 Å². The van der Waals surface area contributed by atoms with Crippen LogP contribution in [0.3, 0.4) is 0 Å². The van der Waals surface area contributed by atoms with Crippen LogP contribution in [0.4, 0.5) is 4.39 Å². The molecule has 2 aromatic carbocycles. The van der Waals surface area contributed by atoms with Crippen molar-refractivity contribution in [3.05, 3.63) is 77.9 Å². The van der Waals surface area contributed by atoms with Crippen molar-refractivity contribution in [2.24, 2.45) is 0 Å². The number of halogens is 1. The van der Waals surface area contributed by atoms with Crippen molar-refractivity contribution in [2.75, 3.05) is 32.8 Å². The fourth-order valence-corrected chi connectivity index (χ4v) is 3.77. The molecule has 158 valence electrons. The first-order valence-electron chi connectivity index (χ1n) is 10.5. The lowest BCUT2D eigenvalue weighted by atomic mass is 10.1. The average Bonchev–Trinajstić information content (AvgIpc) is 3.24. The Labute approximate surface area is 177 Å². The topological polar surface area (TPSA) is 41.7 Å². The van der Waals surface area contributed by atoms with E-state index < -0.39 is 0 Å². The Bertz CT molecular complexity index is 908. The second-order valence-electron chi connectivity index (χ2n) is 7.80. The van der Waals surface area contributed by atoms with Gasteiger partial charge < -0.3 is 9.15 Å². The van der Waals surface area contributed by atoms with Crippen LogP contribution >= 0.6 is 0 Å². The highest BCUT2D eigenvalue weighted by Gasteiger charge is 2.21. The minimum atomic E-state index is -0.267. The van der Waals surface area contributed by atoms with Crippen molar-refractivity contribution >= 4 is 0 Å². The monoisotopic (exact) mass is 409 g/mol. The standard InChI is InChI=1S/C24H28FN3O2/c1-19(15-27-11-13-29-14-12-27)28(16-20-5-3-2-4-6-20)17-23-18-30-24(26-23)21-7-9-22(25)10-8-21/h2-10,18-19H,11-17H2,1H3. The number of aromatic nitrogens is 1. The van der Waals surface area contributed by atoms with Gasteiger partial charge in [0, 0.05) is 44.3 Å². The Balaban J connectivity index is 1.48. The van der Waals surface area contributed by atoms with E-state index in [0.29, 0.717) is 18.5 Å². The van der Waals surface area contributed by atoms with Gasteiger partial charge in [-0.05, 0) is 36.8 Å². The fourth-order valence-electron chi connectivity index (χ4n) is 3.77. The van der Waals surface area contributed by atoms with Gasteiger partial charge in [0.15, 0.2) is 0 Å². The molecule has 0 aliphatic carbocycles. The molecular weight excluding hydrogens is 381 g/mol. The largest absolute Gasteiger partial charge is 0.444 e. The van der Waals surface area contributed by atoms with Gasteiger partial charge in [0.2, 0.25) is 5.89 Å². The molecule has 0 radical (unpaired) electrons. The average molecular weight is 410 g/mol. The molecule has 0 spiro atoms. The van der Waals surface area contributed by atoms with E-state index in [9.17, 15) is 4.39 Å². The number of morpholine rings is 1. The van der Waals surface area contributed by atoms with Crippen molar-refractivity contribution in [1.29, 1.82) is 0 Å². The second-order valence-corrected chi connectivity index (χ2v) is 7.80.